The smallest absolute Gasteiger partial charge is 0.131 e. The van der Waals surface area contributed by atoms with E-state index in [0.29, 0.717) is 0 Å². The second-order valence-corrected chi connectivity index (χ2v) is 15.0. The van der Waals surface area contributed by atoms with E-state index in [9.17, 15) is 0 Å². The second kappa shape index (κ2) is 12.6. The van der Waals surface area contributed by atoms with Crippen LogP contribution in [0.4, 0.5) is 0 Å². The number of benzene rings is 8. The van der Waals surface area contributed by atoms with Gasteiger partial charge in [0.05, 0.1) is 11.0 Å². The third-order valence-electron chi connectivity index (χ3n) is 11.7. The molecule has 2 N–H and O–H groups in total. The highest BCUT2D eigenvalue weighted by Crippen LogP contribution is 2.39. The van der Waals surface area contributed by atoms with Gasteiger partial charge in [-0.3, -0.25) is 5.32 Å². The number of hydrogen-bond donors (Lipinski definition) is 2. The number of hydrogen-bond acceptors (Lipinski definition) is 3. The molecule has 57 heavy (non-hydrogen) atoms. The van der Waals surface area contributed by atoms with Gasteiger partial charge in [0.2, 0.25) is 0 Å². The minimum absolute atomic E-state index is 0.182. The van der Waals surface area contributed by atoms with Gasteiger partial charge in [-0.1, -0.05) is 152 Å². The fraction of sp³-hybridized carbons (Fsp3) is 0.0392. The van der Waals surface area contributed by atoms with E-state index in [1.54, 1.807) is 0 Å². The molecule has 1 aliphatic heterocycles. The summed E-state index contributed by atoms with van der Waals surface area (Å²) >= 11 is 0. The topological polar surface area (TPSA) is 60.4 Å². The Bertz CT molecular complexity index is 3380. The predicted molar refractivity (Wildman–Crippen MR) is 235 cm³/mol. The Morgan fingerprint density at radius 2 is 1.04 bits per heavy atom. The molecule has 0 amide bonds. The molecule has 0 saturated heterocycles. The van der Waals surface area contributed by atoms with Crippen molar-refractivity contribution in [3.8, 4) is 11.5 Å². The summed E-state index contributed by atoms with van der Waals surface area (Å²) in [4.78, 5) is 10.5. The first-order chi connectivity index (χ1) is 28.2. The molecule has 2 unspecified atom stereocenters. The van der Waals surface area contributed by atoms with Crippen LogP contribution in [0.15, 0.2) is 193 Å². The van der Waals surface area contributed by atoms with Gasteiger partial charge in [0.25, 0.3) is 0 Å². The highest BCUT2D eigenvalue weighted by molar-refractivity contribution is 6.19. The third kappa shape index (κ3) is 5.12. The number of para-hydroxylation sites is 3. The average molecular weight is 732 g/mol. The fourth-order valence-corrected chi connectivity index (χ4v) is 8.95. The van der Waals surface area contributed by atoms with Crippen molar-refractivity contribution >= 4 is 71.0 Å². The molecule has 2 atom stereocenters. The Kier molecular flexibility index (Phi) is 7.03. The van der Waals surface area contributed by atoms with Crippen LogP contribution in [0.2, 0.25) is 0 Å². The van der Waals surface area contributed by atoms with E-state index in [1.165, 1.54) is 48.6 Å². The molecule has 6 nitrogen and oxygen atoms in total. The molecule has 0 saturated carbocycles. The molecule has 0 fully saturated rings. The Labute approximate surface area is 328 Å². The number of amidine groups is 1. The first-order valence-electron chi connectivity index (χ1n) is 19.5. The number of nitrogens with one attached hydrogen (secondary N) is 2. The molecule has 0 radical (unpaired) electrons. The van der Waals surface area contributed by atoms with E-state index < -0.39 is 0 Å². The molecule has 0 bridgehead atoms. The summed E-state index contributed by atoms with van der Waals surface area (Å²) in [6.07, 6.45) is 1.50. The van der Waals surface area contributed by atoms with Gasteiger partial charge in [-0.2, -0.15) is 0 Å². The highest BCUT2D eigenvalue weighted by atomic mass is 15.3. The lowest BCUT2D eigenvalue weighted by atomic mass is 10.0. The van der Waals surface area contributed by atoms with E-state index in [2.05, 4.69) is 202 Å². The van der Waals surface area contributed by atoms with Crippen molar-refractivity contribution in [2.45, 2.75) is 12.3 Å². The van der Waals surface area contributed by atoms with E-state index >= 15 is 0 Å². The quantitative estimate of drug-likeness (QED) is 0.185. The summed E-state index contributed by atoms with van der Waals surface area (Å²) in [5, 5.41) is 17.3. The summed E-state index contributed by atoms with van der Waals surface area (Å²) in [5.41, 5.74) is 8.90. The van der Waals surface area contributed by atoms with Crippen molar-refractivity contribution in [2.75, 3.05) is 0 Å². The van der Waals surface area contributed by atoms with Crippen LogP contribution in [0.3, 0.4) is 0 Å². The van der Waals surface area contributed by atoms with E-state index in [-0.39, 0.29) is 12.3 Å². The van der Waals surface area contributed by atoms with Gasteiger partial charge in [-0.05, 0) is 96.9 Å². The van der Waals surface area contributed by atoms with Crippen LogP contribution in [0.1, 0.15) is 29.0 Å². The average Bonchev–Trinajstić information content (AvgIpc) is 3.98. The summed E-state index contributed by atoms with van der Waals surface area (Å²) in [7, 11) is 0. The molecule has 0 aliphatic carbocycles. The lowest BCUT2D eigenvalue weighted by Crippen LogP contribution is -2.44. The molecule has 3 aromatic heterocycles. The van der Waals surface area contributed by atoms with Crippen LogP contribution in [-0.2, 0) is 0 Å². The maximum absolute atomic E-state index is 5.34. The molecule has 6 heteroatoms. The summed E-state index contributed by atoms with van der Waals surface area (Å²) in [6.45, 7) is 0. The molecule has 12 rings (SSSR count). The molecule has 270 valence electrons. The number of aliphatic imine (C=N–C) groups is 1. The largest absolute Gasteiger partial charge is 0.442 e. The van der Waals surface area contributed by atoms with Crippen molar-refractivity contribution in [1.82, 2.24) is 24.8 Å². The molecule has 1 aliphatic rings. The van der Waals surface area contributed by atoms with Crippen LogP contribution in [0, 0.1) is 0 Å². The lowest BCUT2D eigenvalue weighted by Gasteiger charge is -2.32. The molecule has 4 heterocycles. The van der Waals surface area contributed by atoms with E-state index in [1.807, 2.05) is 6.20 Å². The zero-order valence-electron chi connectivity index (χ0n) is 30.8. The molecule has 0 spiro atoms. The lowest BCUT2D eigenvalue weighted by molar-refractivity contribution is 0.409. The van der Waals surface area contributed by atoms with Gasteiger partial charge in [0.1, 0.15) is 18.2 Å². The van der Waals surface area contributed by atoms with E-state index in [4.69, 9.17) is 9.98 Å². The van der Waals surface area contributed by atoms with Crippen LogP contribution in [-0.4, -0.2) is 15.0 Å². The molecule has 8 aromatic carbocycles. The summed E-state index contributed by atoms with van der Waals surface area (Å²) < 4.78 is 4.69. The fourth-order valence-electron chi connectivity index (χ4n) is 8.95. The normalized spacial score (nSPS) is 15.9. The minimum atomic E-state index is -0.276. The van der Waals surface area contributed by atoms with Crippen molar-refractivity contribution < 1.29 is 0 Å². The SMILES string of the molecule is c1ccc(-n2c3ccccc3c3cc4c5ccccc5n(-c5cc(C6=NC(c7ccc8ccccc8c7)NC(c7ccc8ccccc8c7)N6)c[n-]5)c4cc32)cc1. The van der Waals surface area contributed by atoms with Gasteiger partial charge >= 0.3 is 0 Å². The number of rotatable bonds is 5. The number of fused-ring (bicyclic) bond motifs is 8. The maximum atomic E-state index is 5.34. The summed E-state index contributed by atoms with van der Waals surface area (Å²) in [5.74, 6) is 1.65. The maximum Gasteiger partial charge on any atom is 0.131 e. The molecular weight excluding hydrogens is 697 g/mol. The highest BCUT2D eigenvalue weighted by Gasteiger charge is 2.26. The monoisotopic (exact) mass is 731 g/mol. The third-order valence-corrected chi connectivity index (χ3v) is 11.7. The first-order valence-corrected chi connectivity index (χ1v) is 19.5. The number of nitrogens with zero attached hydrogens (tertiary/aromatic N) is 4. The second-order valence-electron chi connectivity index (χ2n) is 15.0. The van der Waals surface area contributed by atoms with Crippen molar-refractivity contribution in [3.63, 3.8) is 0 Å². The standard InChI is InChI=1S/C51H35N6/c1-2-16-39(17-3-1)56-44-20-10-8-18-40(44)42-29-43-41-19-9-11-21-45(41)57(47(43)30-46(42)56)48-28-38(31-52-48)51-54-49(36-24-22-32-12-4-6-14-34(32)26-36)53-50(55-51)37-25-23-33-13-5-7-15-35(33)27-37/h1-31,49-50,53H,(H,54,55)/q-1. The van der Waals surface area contributed by atoms with Crippen LogP contribution < -0.4 is 15.6 Å². The van der Waals surface area contributed by atoms with Crippen LogP contribution in [0.5, 0.6) is 0 Å². The predicted octanol–water partition coefficient (Wildman–Crippen LogP) is 11.5. The van der Waals surface area contributed by atoms with Gasteiger partial charge in [0.15, 0.2) is 0 Å². The Balaban J connectivity index is 1.02. The zero-order valence-corrected chi connectivity index (χ0v) is 30.8. The Morgan fingerprint density at radius 3 is 1.75 bits per heavy atom. The molecule has 11 aromatic rings. The van der Waals surface area contributed by atoms with Crippen molar-refractivity contribution in [3.05, 3.63) is 205 Å². The van der Waals surface area contributed by atoms with Gasteiger partial charge in [0, 0.05) is 22.0 Å². The van der Waals surface area contributed by atoms with Crippen molar-refractivity contribution in [1.29, 1.82) is 0 Å². The van der Waals surface area contributed by atoms with Gasteiger partial charge in [-0.15, -0.1) is 0 Å². The Hall–Kier alpha value is -7.41. The van der Waals surface area contributed by atoms with E-state index in [0.717, 1.165) is 50.6 Å². The Morgan fingerprint density at radius 1 is 0.456 bits per heavy atom. The minimum Gasteiger partial charge on any atom is -0.442 e. The number of aromatic nitrogens is 3. The summed E-state index contributed by atoms with van der Waals surface area (Å²) in [6, 6.07) is 65.2. The molecular formula is C51H35N6-. The van der Waals surface area contributed by atoms with Crippen LogP contribution >= 0.6 is 0 Å². The van der Waals surface area contributed by atoms with Crippen molar-refractivity contribution in [2.24, 2.45) is 4.99 Å². The van der Waals surface area contributed by atoms with Gasteiger partial charge in [-0.25, -0.2) is 4.99 Å². The van der Waals surface area contributed by atoms with Gasteiger partial charge < -0.3 is 19.4 Å². The van der Waals surface area contributed by atoms with Crippen LogP contribution in [0.25, 0.3) is 76.7 Å². The zero-order chi connectivity index (χ0) is 37.5. The first kappa shape index (κ1) is 31.9.